The average molecular weight is 695 g/mol. The van der Waals surface area contributed by atoms with Gasteiger partial charge in [0.2, 0.25) is 0 Å². The Labute approximate surface area is 294 Å². The van der Waals surface area contributed by atoms with Crippen molar-refractivity contribution in [2.24, 2.45) is 0 Å². The normalized spacial score (nSPS) is 17.7. The van der Waals surface area contributed by atoms with E-state index in [0.717, 1.165) is 75.3 Å². The van der Waals surface area contributed by atoms with Crippen molar-refractivity contribution in [1.29, 1.82) is 0 Å². The van der Waals surface area contributed by atoms with Crippen molar-refractivity contribution in [1.82, 2.24) is 0 Å². The first-order valence-electron chi connectivity index (χ1n) is 17.6. The van der Waals surface area contributed by atoms with E-state index in [-0.39, 0.29) is 32.2 Å². The number of hydrogen-bond acceptors (Lipinski definition) is 11. The van der Waals surface area contributed by atoms with E-state index in [0.29, 0.717) is 11.5 Å². The predicted octanol–water partition coefficient (Wildman–Crippen LogP) is 6.11. The van der Waals surface area contributed by atoms with E-state index in [1.807, 2.05) is 48.5 Å². The summed E-state index contributed by atoms with van der Waals surface area (Å²) in [7, 11) is 0. The fourth-order valence-corrected chi connectivity index (χ4v) is 7.30. The average Bonchev–Trinajstić information content (AvgIpc) is 3.10. The maximum absolute atomic E-state index is 15.2. The number of carbonyl (C=O) groups excluding carboxylic acids is 5. The van der Waals surface area contributed by atoms with Crippen molar-refractivity contribution in [3.05, 3.63) is 59.7 Å². The highest BCUT2D eigenvalue weighted by molar-refractivity contribution is 5.99. The molecule has 0 bridgehead atoms. The first-order valence-corrected chi connectivity index (χ1v) is 17.6. The summed E-state index contributed by atoms with van der Waals surface area (Å²) >= 11 is 0. The highest BCUT2D eigenvalue weighted by atomic mass is 16.6. The van der Waals surface area contributed by atoms with Gasteiger partial charge in [-0.2, -0.15) is 0 Å². The van der Waals surface area contributed by atoms with Crippen LogP contribution in [0.5, 0.6) is 11.5 Å². The molecule has 0 spiro atoms. The summed E-state index contributed by atoms with van der Waals surface area (Å²) in [6, 6.07) is 15.3. The van der Waals surface area contributed by atoms with Crippen LogP contribution in [-0.2, 0) is 53.8 Å². The Hall–Kier alpha value is -4.41. The highest BCUT2D eigenvalue weighted by Crippen LogP contribution is 2.50. The molecule has 0 aliphatic heterocycles. The summed E-state index contributed by atoms with van der Waals surface area (Å²) in [6.07, 6.45) is 7.60. The molecule has 11 heteroatoms. The molecule has 0 radical (unpaired) electrons. The maximum atomic E-state index is 15.2. The lowest BCUT2D eigenvalue weighted by Gasteiger charge is -2.46. The van der Waals surface area contributed by atoms with Gasteiger partial charge in [0.05, 0.1) is 10.8 Å². The van der Waals surface area contributed by atoms with Crippen LogP contribution in [0.1, 0.15) is 103 Å². The molecule has 272 valence electrons. The van der Waals surface area contributed by atoms with Gasteiger partial charge in [-0.15, -0.1) is 0 Å². The molecular formula is C39H50O11. The second kappa shape index (κ2) is 18.0. The van der Waals surface area contributed by atoms with E-state index in [1.165, 1.54) is 27.7 Å². The van der Waals surface area contributed by atoms with Gasteiger partial charge in [-0.25, -0.2) is 0 Å². The van der Waals surface area contributed by atoms with Gasteiger partial charge in [-0.1, -0.05) is 62.8 Å². The van der Waals surface area contributed by atoms with Gasteiger partial charge in [-0.3, -0.25) is 24.0 Å². The van der Waals surface area contributed by atoms with E-state index < -0.39 is 46.9 Å². The van der Waals surface area contributed by atoms with Gasteiger partial charge in [0.25, 0.3) is 0 Å². The molecule has 0 heterocycles. The molecule has 2 aliphatic carbocycles. The van der Waals surface area contributed by atoms with Crippen LogP contribution in [0.2, 0.25) is 0 Å². The zero-order valence-electron chi connectivity index (χ0n) is 29.7. The number of rotatable bonds is 16. The number of ether oxygens (including phenoxy) is 6. The van der Waals surface area contributed by atoms with E-state index in [2.05, 4.69) is 0 Å². The molecule has 0 saturated heterocycles. The van der Waals surface area contributed by atoms with Crippen LogP contribution < -0.4 is 9.47 Å². The number of benzene rings is 2. The molecule has 4 rings (SSSR count). The zero-order valence-corrected chi connectivity index (χ0v) is 29.7. The molecule has 2 unspecified atom stereocenters. The van der Waals surface area contributed by atoms with E-state index in [4.69, 9.17) is 28.4 Å². The minimum Gasteiger partial charge on any atom is -0.490 e. The number of ketones is 1. The Morgan fingerprint density at radius 2 is 0.840 bits per heavy atom. The zero-order chi connectivity index (χ0) is 36.1. The quantitative estimate of drug-likeness (QED) is 0.149. The SMILES string of the molecule is CC(=O)OCC(COc1ccc(C2(C(=O)C3(c4ccc(OCC(COC(C)=O)OC(C)=O)cc4)CCCCC3)CCCCC2)cc1)OC(C)=O. The third-order valence-corrected chi connectivity index (χ3v) is 9.58. The van der Waals surface area contributed by atoms with Crippen LogP contribution in [-0.4, -0.2) is 68.3 Å². The second-order valence-corrected chi connectivity index (χ2v) is 13.4. The summed E-state index contributed by atoms with van der Waals surface area (Å²) in [5, 5.41) is 0. The molecule has 0 aromatic heterocycles. The van der Waals surface area contributed by atoms with Crippen molar-refractivity contribution < 1.29 is 52.4 Å². The fourth-order valence-electron chi connectivity index (χ4n) is 7.30. The molecule has 0 amide bonds. The summed E-state index contributed by atoms with van der Waals surface area (Å²) in [6.45, 7) is 4.96. The standard InChI is InChI=1S/C39H50O11/c1-27(40)45-23-35(49-29(3)42)25-47-33-15-11-31(12-16-33)38(19-7-5-8-20-38)37(44)39(21-9-6-10-22-39)32-13-17-34(18-14-32)48-26-36(50-30(4)43)24-46-28(2)41/h11-18,35-36H,5-10,19-26H2,1-4H3. The molecule has 11 nitrogen and oxygen atoms in total. The number of Topliss-reactive ketones (excluding diaryl/α,β-unsaturated/α-hetero) is 1. The topological polar surface area (TPSA) is 141 Å². The van der Waals surface area contributed by atoms with Crippen LogP contribution in [0.3, 0.4) is 0 Å². The molecule has 2 saturated carbocycles. The third kappa shape index (κ3) is 10.3. The minimum atomic E-state index is -0.749. The lowest BCUT2D eigenvalue weighted by atomic mass is 9.55. The van der Waals surface area contributed by atoms with Gasteiger partial charge in [0, 0.05) is 27.7 Å². The smallest absolute Gasteiger partial charge is 0.303 e. The Bertz CT molecular complexity index is 1340. The summed E-state index contributed by atoms with van der Waals surface area (Å²) in [4.78, 5) is 60.9. The third-order valence-electron chi connectivity index (χ3n) is 9.58. The Morgan fingerprint density at radius 1 is 0.500 bits per heavy atom. The number of hydrogen-bond donors (Lipinski definition) is 0. The second-order valence-electron chi connectivity index (χ2n) is 13.4. The van der Waals surface area contributed by atoms with E-state index >= 15 is 4.79 Å². The van der Waals surface area contributed by atoms with Crippen molar-refractivity contribution >= 4 is 29.7 Å². The molecule has 2 fully saturated rings. The molecule has 2 atom stereocenters. The van der Waals surface area contributed by atoms with Crippen LogP contribution in [0.25, 0.3) is 0 Å². The van der Waals surface area contributed by atoms with Crippen LogP contribution >= 0.6 is 0 Å². The maximum Gasteiger partial charge on any atom is 0.303 e. The number of esters is 4. The molecular weight excluding hydrogens is 644 g/mol. The molecule has 2 aliphatic rings. The van der Waals surface area contributed by atoms with Gasteiger partial charge in [-0.05, 0) is 61.1 Å². The lowest BCUT2D eigenvalue weighted by molar-refractivity contribution is -0.158. The molecule has 2 aromatic carbocycles. The van der Waals surface area contributed by atoms with Gasteiger partial charge in [0.1, 0.15) is 37.9 Å². The first-order chi connectivity index (χ1) is 23.9. The van der Waals surface area contributed by atoms with Crippen LogP contribution in [0, 0.1) is 0 Å². The minimum absolute atomic E-state index is 0.00962. The first kappa shape index (κ1) is 38.4. The monoisotopic (exact) mass is 694 g/mol. The van der Waals surface area contributed by atoms with Crippen LogP contribution in [0.4, 0.5) is 0 Å². The number of carbonyl (C=O) groups is 5. The van der Waals surface area contributed by atoms with Gasteiger partial charge in [0.15, 0.2) is 18.0 Å². The Kier molecular flexibility index (Phi) is 13.8. The van der Waals surface area contributed by atoms with Crippen LogP contribution in [0.15, 0.2) is 48.5 Å². The van der Waals surface area contributed by atoms with Crippen molar-refractivity contribution in [2.75, 3.05) is 26.4 Å². The van der Waals surface area contributed by atoms with Crippen molar-refractivity contribution in [2.45, 2.75) is 115 Å². The summed E-state index contributed by atoms with van der Waals surface area (Å²) in [5.41, 5.74) is 0.653. The predicted molar refractivity (Wildman–Crippen MR) is 183 cm³/mol. The van der Waals surface area contributed by atoms with Crippen molar-refractivity contribution in [3.63, 3.8) is 0 Å². The molecule has 50 heavy (non-hydrogen) atoms. The Balaban J connectivity index is 1.54. The largest absolute Gasteiger partial charge is 0.490 e. The van der Waals surface area contributed by atoms with Crippen molar-refractivity contribution in [3.8, 4) is 11.5 Å². The molecule has 0 N–H and O–H groups in total. The lowest BCUT2D eigenvalue weighted by Crippen LogP contribution is -2.51. The summed E-state index contributed by atoms with van der Waals surface area (Å²) < 4.78 is 32.4. The highest BCUT2D eigenvalue weighted by Gasteiger charge is 2.52. The Morgan fingerprint density at radius 3 is 1.14 bits per heavy atom. The molecule has 2 aromatic rings. The van der Waals surface area contributed by atoms with E-state index in [9.17, 15) is 19.2 Å². The summed E-state index contributed by atoms with van der Waals surface area (Å²) in [5.74, 6) is -0.575. The fraction of sp³-hybridized carbons (Fsp3) is 0.564. The van der Waals surface area contributed by atoms with Gasteiger partial charge >= 0.3 is 23.9 Å². The van der Waals surface area contributed by atoms with Gasteiger partial charge < -0.3 is 28.4 Å². The van der Waals surface area contributed by atoms with E-state index in [1.54, 1.807) is 0 Å².